The lowest BCUT2D eigenvalue weighted by molar-refractivity contribution is 0.299. The van der Waals surface area contributed by atoms with Gasteiger partial charge in [-0.15, -0.1) is 0 Å². The van der Waals surface area contributed by atoms with Crippen molar-refractivity contribution in [3.05, 3.63) is 66.7 Å². The predicted octanol–water partition coefficient (Wildman–Crippen LogP) is 6.80. The molecule has 1 aliphatic rings. The number of phenolic OH excluding ortho intramolecular Hbond substituents is 13. The van der Waals surface area contributed by atoms with E-state index in [1.54, 1.807) is 0 Å². The van der Waals surface area contributed by atoms with Crippen molar-refractivity contribution in [2.45, 2.75) is 0 Å². The largest absolute Gasteiger partial charge is 0.508 e. The molecule has 276 valence electrons. The molecule has 0 atom stereocenters. The lowest BCUT2D eigenvalue weighted by Gasteiger charge is -2.25. The number of benzene rings is 6. The van der Waals surface area contributed by atoms with Crippen LogP contribution in [0, 0.1) is 0 Å². The normalized spacial score (nSPS) is 11.5. The first-order valence-corrected chi connectivity index (χ1v) is 15.0. The Morgan fingerprint density at radius 1 is 0.296 bits per heavy atom. The van der Waals surface area contributed by atoms with Gasteiger partial charge in [-0.2, -0.15) is 0 Å². The topological polar surface area (TPSA) is 309 Å². The molecule has 0 fully saturated rings. The van der Waals surface area contributed by atoms with Crippen LogP contribution >= 0.6 is 0 Å². The molecular weight excluding hydrogens is 720 g/mol. The van der Waals surface area contributed by atoms with Gasteiger partial charge in [-0.25, -0.2) is 0 Å². The second kappa shape index (κ2) is 12.5. The van der Waals surface area contributed by atoms with E-state index in [1.807, 2.05) is 0 Å². The van der Waals surface area contributed by atoms with Crippen molar-refractivity contribution in [1.82, 2.24) is 0 Å². The van der Waals surface area contributed by atoms with Crippen LogP contribution in [0.5, 0.6) is 132 Å². The summed E-state index contributed by atoms with van der Waals surface area (Å²) in [5, 5.41) is 136. The first-order chi connectivity index (χ1) is 25.6. The van der Waals surface area contributed by atoms with Crippen LogP contribution in [0.4, 0.5) is 0 Å². The van der Waals surface area contributed by atoms with Gasteiger partial charge >= 0.3 is 0 Å². The van der Waals surface area contributed by atoms with Gasteiger partial charge < -0.3 is 90.1 Å². The van der Waals surface area contributed by atoms with Crippen molar-refractivity contribution in [2.75, 3.05) is 0 Å². The summed E-state index contributed by atoms with van der Waals surface area (Å²) in [6.07, 6.45) is 0. The van der Waals surface area contributed by atoms with Gasteiger partial charge in [0.2, 0.25) is 34.5 Å². The SMILES string of the molecule is Oc1cc(O)c(Oc2cc(O)cc(O)c2Oc2cc(O)cc(O)c2-c2c(O)cc(O)cc2Oc2c(O)cc(O)c3c2Oc2c(O)cc(O)cc2O3)c(O)c1. The maximum Gasteiger partial charge on any atom is 0.220 e. The molecule has 7 rings (SSSR count). The minimum absolute atomic E-state index is 0.241. The van der Waals surface area contributed by atoms with E-state index in [4.69, 9.17) is 23.7 Å². The van der Waals surface area contributed by atoms with Crippen molar-refractivity contribution in [2.24, 2.45) is 0 Å². The van der Waals surface area contributed by atoms with Gasteiger partial charge in [0.15, 0.2) is 46.0 Å². The van der Waals surface area contributed by atoms with Crippen LogP contribution in [-0.2, 0) is 0 Å². The molecule has 0 radical (unpaired) electrons. The fourth-order valence-electron chi connectivity index (χ4n) is 5.46. The molecule has 6 aromatic carbocycles. The van der Waals surface area contributed by atoms with Gasteiger partial charge in [0.05, 0.1) is 11.1 Å². The number of phenols is 13. The Morgan fingerprint density at radius 2 is 0.685 bits per heavy atom. The summed E-state index contributed by atoms with van der Waals surface area (Å²) in [5.74, 6) is -14.3. The van der Waals surface area contributed by atoms with Crippen molar-refractivity contribution >= 4 is 0 Å². The van der Waals surface area contributed by atoms with Crippen LogP contribution in [0.1, 0.15) is 0 Å². The summed E-state index contributed by atoms with van der Waals surface area (Å²) in [6, 6.07) is 9.46. The van der Waals surface area contributed by atoms with E-state index in [-0.39, 0.29) is 11.5 Å². The van der Waals surface area contributed by atoms with Crippen molar-refractivity contribution in [1.29, 1.82) is 0 Å². The van der Waals surface area contributed by atoms with Gasteiger partial charge in [0.1, 0.15) is 51.7 Å². The Hall–Kier alpha value is -8.28. The standard InChI is InChI=1S/C36H24O18/c37-12-3-19(44)31(20(45)4-12)52-27-9-15(40)5-21(46)32(27)50-25-7-13(38)1-17(42)29(25)30-18(43)2-14(39)8-26(30)51-34-23(48)11-24(49)35-36(34)54-33-22(47)6-16(41)10-28(33)53-35/h1-11,37-49H. The van der Waals surface area contributed by atoms with Gasteiger partial charge in [-0.1, -0.05) is 0 Å². The first-order valence-electron chi connectivity index (χ1n) is 15.0. The molecule has 13 N–H and O–H groups in total. The smallest absolute Gasteiger partial charge is 0.220 e. The maximum absolute atomic E-state index is 11.2. The van der Waals surface area contributed by atoms with Gasteiger partial charge in [0, 0.05) is 66.7 Å². The predicted molar refractivity (Wildman–Crippen MR) is 180 cm³/mol. The molecule has 0 bridgehead atoms. The lowest BCUT2D eigenvalue weighted by atomic mass is 10.00. The Bertz CT molecular complexity index is 2510. The van der Waals surface area contributed by atoms with Gasteiger partial charge in [-0.05, 0) is 0 Å². The molecular formula is C36H24O18. The maximum atomic E-state index is 11.2. The fourth-order valence-corrected chi connectivity index (χ4v) is 5.46. The van der Waals surface area contributed by atoms with Crippen molar-refractivity contribution < 1.29 is 90.1 Å². The van der Waals surface area contributed by atoms with Gasteiger partial charge in [-0.3, -0.25) is 0 Å². The van der Waals surface area contributed by atoms with E-state index >= 15 is 0 Å². The zero-order valence-corrected chi connectivity index (χ0v) is 26.7. The number of fused-ring (bicyclic) bond motifs is 2. The third kappa shape index (κ3) is 5.96. The highest BCUT2D eigenvalue weighted by atomic mass is 16.6. The number of hydrogen-bond donors (Lipinski definition) is 13. The van der Waals surface area contributed by atoms with Crippen molar-refractivity contribution in [3.63, 3.8) is 0 Å². The Labute approximate surface area is 300 Å². The number of rotatable bonds is 7. The van der Waals surface area contributed by atoms with Crippen LogP contribution in [0.15, 0.2) is 66.7 Å². The third-order valence-electron chi connectivity index (χ3n) is 7.66. The molecule has 0 aliphatic carbocycles. The highest BCUT2D eigenvalue weighted by molar-refractivity contribution is 5.87. The number of hydrogen-bond acceptors (Lipinski definition) is 18. The summed E-state index contributed by atoms with van der Waals surface area (Å²) in [6.45, 7) is 0. The second-order valence-corrected chi connectivity index (χ2v) is 11.5. The van der Waals surface area contributed by atoms with E-state index in [1.165, 1.54) is 0 Å². The highest BCUT2D eigenvalue weighted by Gasteiger charge is 2.33. The summed E-state index contributed by atoms with van der Waals surface area (Å²) in [5.41, 5.74) is -1.03. The summed E-state index contributed by atoms with van der Waals surface area (Å²) in [4.78, 5) is 0. The highest BCUT2D eigenvalue weighted by Crippen LogP contribution is 2.61. The molecule has 18 heteroatoms. The van der Waals surface area contributed by atoms with Crippen LogP contribution in [0.2, 0.25) is 0 Å². The third-order valence-corrected chi connectivity index (χ3v) is 7.66. The molecule has 54 heavy (non-hydrogen) atoms. The van der Waals surface area contributed by atoms with Crippen LogP contribution in [0.3, 0.4) is 0 Å². The number of ether oxygens (including phenoxy) is 5. The minimum atomic E-state index is -0.836. The molecule has 0 spiro atoms. The molecule has 0 amide bonds. The zero-order valence-electron chi connectivity index (χ0n) is 26.7. The first kappa shape index (κ1) is 34.2. The molecule has 0 saturated heterocycles. The van der Waals surface area contributed by atoms with E-state index < -0.39 is 132 Å². The van der Waals surface area contributed by atoms with E-state index in [9.17, 15) is 66.4 Å². The second-order valence-electron chi connectivity index (χ2n) is 11.5. The van der Waals surface area contributed by atoms with Crippen LogP contribution in [0.25, 0.3) is 11.1 Å². The molecule has 1 heterocycles. The number of aromatic hydroxyl groups is 13. The van der Waals surface area contributed by atoms with Gasteiger partial charge in [0.25, 0.3) is 0 Å². The Morgan fingerprint density at radius 3 is 1.26 bits per heavy atom. The van der Waals surface area contributed by atoms with Crippen LogP contribution < -0.4 is 23.7 Å². The minimum Gasteiger partial charge on any atom is -0.508 e. The van der Waals surface area contributed by atoms with Crippen LogP contribution in [-0.4, -0.2) is 66.4 Å². The fraction of sp³-hybridized carbons (Fsp3) is 0. The summed E-state index contributed by atoms with van der Waals surface area (Å²) in [7, 11) is 0. The summed E-state index contributed by atoms with van der Waals surface area (Å²) < 4.78 is 28.7. The van der Waals surface area contributed by atoms with Crippen molar-refractivity contribution in [3.8, 4) is 143 Å². The molecule has 0 unspecified atom stereocenters. The van der Waals surface area contributed by atoms with E-state index in [0.717, 1.165) is 66.7 Å². The lowest BCUT2D eigenvalue weighted by Crippen LogP contribution is -2.02. The molecule has 0 saturated carbocycles. The zero-order chi connectivity index (χ0) is 38.7. The average molecular weight is 745 g/mol. The monoisotopic (exact) mass is 744 g/mol. The average Bonchev–Trinajstić information content (AvgIpc) is 3.06. The molecule has 1 aliphatic heterocycles. The van der Waals surface area contributed by atoms with E-state index in [0.29, 0.717) is 0 Å². The Balaban J connectivity index is 1.37. The quantitative estimate of drug-likeness (QED) is 0.0797. The molecule has 18 nitrogen and oxygen atoms in total. The van der Waals surface area contributed by atoms with E-state index in [2.05, 4.69) is 0 Å². The molecule has 6 aromatic rings. The Kier molecular flexibility index (Phi) is 7.91. The summed E-state index contributed by atoms with van der Waals surface area (Å²) >= 11 is 0. The molecule has 0 aromatic heterocycles.